The van der Waals surface area contributed by atoms with Crippen LogP contribution < -0.4 is 4.74 Å². The lowest BCUT2D eigenvalue weighted by Crippen LogP contribution is -2.14. The van der Waals surface area contributed by atoms with Crippen molar-refractivity contribution < 1.29 is 22.8 Å². The molecule has 0 fully saturated rings. The van der Waals surface area contributed by atoms with Crippen LogP contribution in [0, 0.1) is 6.92 Å². The molecular formula is C17H19N3O5S. The first-order valence-corrected chi connectivity index (χ1v) is 9.78. The van der Waals surface area contributed by atoms with Crippen molar-refractivity contribution in [2.45, 2.75) is 18.2 Å². The minimum Gasteiger partial charge on any atom is -0.481 e. The third-order valence-electron chi connectivity index (χ3n) is 4.29. The van der Waals surface area contributed by atoms with Gasteiger partial charge in [-0.1, -0.05) is 5.16 Å². The number of sulfone groups is 1. The fourth-order valence-corrected chi connectivity index (χ4v) is 4.01. The predicted molar refractivity (Wildman–Crippen MR) is 94.6 cm³/mol. The lowest BCUT2D eigenvalue weighted by molar-refractivity contribution is 0.103. The Bertz CT molecular complexity index is 1020. The Morgan fingerprint density at radius 1 is 1.31 bits per heavy atom. The van der Waals surface area contributed by atoms with Crippen LogP contribution in [0.1, 0.15) is 33.5 Å². The van der Waals surface area contributed by atoms with E-state index in [9.17, 15) is 13.2 Å². The van der Waals surface area contributed by atoms with Gasteiger partial charge in [0.15, 0.2) is 15.6 Å². The lowest BCUT2D eigenvalue weighted by Gasteiger charge is -2.14. The van der Waals surface area contributed by atoms with Gasteiger partial charge in [0, 0.05) is 30.9 Å². The third kappa shape index (κ3) is 2.98. The number of methoxy groups -OCH3 is 1. The van der Waals surface area contributed by atoms with Crippen molar-refractivity contribution in [3.8, 4) is 5.88 Å². The zero-order valence-electron chi connectivity index (χ0n) is 14.9. The molecule has 1 aromatic heterocycles. The van der Waals surface area contributed by atoms with Gasteiger partial charge in [-0.05, 0) is 24.6 Å². The predicted octanol–water partition coefficient (Wildman–Crippen LogP) is 1.50. The molecule has 0 spiro atoms. The minimum absolute atomic E-state index is 0.133. The highest BCUT2D eigenvalue weighted by Crippen LogP contribution is 2.29. The van der Waals surface area contributed by atoms with Gasteiger partial charge in [0.1, 0.15) is 12.2 Å². The van der Waals surface area contributed by atoms with Crippen molar-refractivity contribution >= 4 is 21.3 Å². The Morgan fingerprint density at radius 3 is 2.62 bits per heavy atom. The second kappa shape index (κ2) is 6.56. The SMILES string of the molecule is COc1c(C(=O)c2ccc(S(C)(=O)=O)c(C3=NOCC3)c2C)cnn1C. The van der Waals surface area contributed by atoms with Crippen LogP contribution >= 0.6 is 0 Å². The summed E-state index contributed by atoms with van der Waals surface area (Å²) in [6.45, 7) is 2.09. The van der Waals surface area contributed by atoms with Crippen LogP contribution in [-0.2, 0) is 21.7 Å². The summed E-state index contributed by atoms with van der Waals surface area (Å²) in [5.41, 5.74) is 2.16. The molecule has 3 rings (SSSR count). The van der Waals surface area contributed by atoms with Crippen LogP contribution in [0.4, 0.5) is 0 Å². The van der Waals surface area contributed by atoms with E-state index in [1.165, 1.54) is 30.1 Å². The van der Waals surface area contributed by atoms with Gasteiger partial charge in [-0.25, -0.2) is 13.1 Å². The number of carbonyl (C=O) groups excluding carboxylic acids is 1. The molecule has 8 nitrogen and oxygen atoms in total. The fourth-order valence-electron chi connectivity index (χ4n) is 3.05. The average molecular weight is 377 g/mol. The molecule has 9 heteroatoms. The van der Waals surface area contributed by atoms with Gasteiger partial charge in [-0.15, -0.1) is 0 Å². The largest absolute Gasteiger partial charge is 0.481 e. The number of oxime groups is 1. The van der Waals surface area contributed by atoms with Gasteiger partial charge in [0.05, 0.1) is 23.9 Å². The molecule has 0 unspecified atom stereocenters. The molecule has 0 radical (unpaired) electrons. The van der Waals surface area contributed by atoms with Gasteiger partial charge >= 0.3 is 0 Å². The molecule has 0 atom stereocenters. The van der Waals surface area contributed by atoms with Crippen LogP contribution in [0.2, 0.25) is 0 Å². The van der Waals surface area contributed by atoms with Crippen LogP contribution in [0.3, 0.4) is 0 Å². The van der Waals surface area contributed by atoms with Crippen molar-refractivity contribution in [2.75, 3.05) is 20.0 Å². The molecule has 1 aromatic carbocycles. The number of aryl methyl sites for hydroxylation is 1. The second-order valence-electron chi connectivity index (χ2n) is 6.02. The number of ether oxygens (including phenoxy) is 1. The van der Waals surface area contributed by atoms with Crippen LogP contribution in [0.5, 0.6) is 5.88 Å². The standard InChI is InChI=1S/C17H19N3O5S/c1-10-11(16(21)12-9-18-20(2)17(12)24-3)5-6-14(26(4,22)23)15(10)13-7-8-25-19-13/h5-6,9H,7-8H2,1-4H3. The number of hydrogen-bond donors (Lipinski definition) is 0. The Labute approximate surface area is 151 Å². The summed E-state index contributed by atoms with van der Waals surface area (Å²) in [5.74, 6) is 0.0398. The quantitative estimate of drug-likeness (QED) is 0.732. The Morgan fingerprint density at radius 2 is 2.04 bits per heavy atom. The maximum atomic E-state index is 13.0. The van der Waals surface area contributed by atoms with Gasteiger partial charge in [-0.2, -0.15) is 5.10 Å². The van der Waals surface area contributed by atoms with Crippen molar-refractivity contribution in [3.63, 3.8) is 0 Å². The molecule has 0 saturated heterocycles. The van der Waals surface area contributed by atoms with E-state index in [1.54, 1.807) is 14.0 Å². The zero-order valence-corrected chi connectivity index (χ0v) is 15.8. The van der Waals surface area contributed by atoms with Gasteiger partial charge in [0.25, 0.3) is 0 Å². The van der Waals surface area contributed by atoms with E-state index in [2.05, 4.69) is 10.3 Å². The molecule has 2 heterocycles. The molecule has 138 valence electrons. The monoisotopic (exact) mass is 377 g/mol. The number of nitrogens with zero attached hydrogens (tertiary/aromatic N) is 3. The van der Waals surface area contributed by atoms with Crippen molar-refractivity contribution in [3.05, 3.63) is 40.6 Å². The number of ketones is 1. The minimum atomic E-state index is -3.50. The molecule has 26 heavy (non-hydrogen) atoms. The Kier molecular flexibility index (Phi) is 4.57. The van der Waals surface area contributed by atoms with Crippen molar-refractivity contribution in [2.24, 2.45) is 12.2 Å². The summed E-state index contributed by atoms with van der Waals surface area (Å²) < 4.78 is 31.1. The summed E-state index contributed by atoms with van der Waals surface area (Å²) in [6.07, 6.45) is 3.05. The molecule has 2 aromatic rings. The third-order valence-corrected chi connectivity index (χ3v) is 5.43. The fraction of sp³-hybridized carbons (Fsp3) is 0.353. The summed E-state index contributed by atoms with van der Waals surface area (Å²) in [6, 6.07) is 2.95. The lowest BCUT2D eigenvalue weighted by atomic mass is 9.93. The van der Waals surface area contributed by atoms with Crippen LogP contribution in [0.25, 0.3) is 0 Å². The maximum absolute atomic E-state index is 13.0. The highest BCUT2D eigenvalue weighted by atomic mass is 32.2. The first-order chi connectivity index (χ1) is 12.3. The van der Waals surface area contributed by atoms with Gasteiger partial charge in [-0.3, -0.25) is 4.79 Å². The number of aromatic nitrogens is 2. The zero-order chi connectivity index (χ0) is 19.1. The van der Waals surface area contributed by atoms with E-state index in [1.807, 2.05) is 0 Å². The smallest absolute Gasteiger partial charge is 0.222 e. The first kappa shape index (κ1) is 18.1. The van der Waals surface area contributed by atoms with E-state index in [0.29, 0.717) is 46.9 Å². The van der Waals surface area contributed by atoms with E-state index in [0.717, 1.165) is 6.26 Å². The van der Waals surface area contributed by atoms with Crippen LogP contribution in [0.15, 0.2) is 28.4 Å². The Balaban J connectivity index is 2.21. The molecule has 0 bridgehead atoms. The molecule has 1 aliphatic rings. The van der Waals surface area contributed by atoms with Gasteiger partial charge in [0.2, 0.25) is 5.88 Å². The van der Waals surface area contributed by atoms with Crippen molar-refractivity contribution in [1.82, 2.24) is 9.78 Å². The topological polar surface area (TPSA) is 99.9 Å². The molecule has 0 saturated carbocycles. The summed E-state index contributed by atoms with van der Waals surface area (Å²) in [5, 5.41) is 8.00. The van der Waals surface area contributed by atoms with E-state index < -0.39 is 9.84 Å². The van der Waals surface area contributed by atoms with E-state index in [-0.39, 0.29) is 10.7 Å². The summed E-state index contributed by atoms with van der Waals surface area (Å²) in [4.78, 5) is 18.2. The normalized spacial score (nSPS) is 14.1. The average Bonchev–Trinajstić information content (AvgIpc) is 3.22. The van der Waals surface area contributed by atoms with E-state index >= 15 is 0 Å². The van der Waals surface area contributed by atoms with Crippen molar-refractivity contribution in [1.29, 1.82) is 0 Å². The second-order valence-corrected chi connectivity index (χ2v) is 8.01. The number of rotatable bonds is 5. The van der Waals surface area contributed by atoms with Gasteiger partial charge < -0.3 is 9.57 Å². The number of hydrogen-bond acceptors (Lipinski definition) is 7. The molecule has 1 aliphatic heterocycles. The van der Waals surface area contributed by atoms with Crippen LogP contribution in [-0.4, -0.2) is 49.7 Å². The molecular weight excluding hydrogens is 358 g/mol. The molecule has 0 aliphatic carbocycles. The number of carbonyl (C=O) groups is 1. The molecule has 0 N–H and O–H groups in total. The molecule has 0 amide bonds. The highest BCUT2D eigenvalue weighted by molar-refractivity contribution is 7.90. The Hall–Kier alpha value is -2.68. The van der Waals surface area contributed by atoms with E-state index in [4.69, 9.17) is 9.57 Å². The summed E-state index contributed by atoms with van der Waals surface area (Å²) >= 11 is 0. The summed E-state index contributed by atoms with van der Waals surface area (Å²) in [7, 11) is -0.364. The highest BCUT2D eigenvalue weighted by Gasteiger charge is 2.27. The number of benzene rings is 1. The maximum Gasteiger partial charge on any atom is 0.222 e. The first-order valence-electron chi connectivity index (χ1n) is 7.89.